The van der Waals surface area contributed by atoms with Gasteiger partial charge in [-0.1, -0.05) is 6.07 Å². The van der Waals surface area contributed by atoms with Gasteiger partial charge in [-0.05, 0) is 43.3 Å². The Labute approximate surface area is 140 Å². The van der Waals surface area contributed by atoms with Crippen LogP contribution in [0.2, 0.25) is 0 Å². The highest BCUT2D eigenvalue weighted by molar-refractivity contribution is 5.80. The molecule has 2 aromatic carbocycles. The molecule has 0 unspecified atom stereocenters. The number of benzene rings is 2. The van der Waals surface area contributed by atoms with Gasteiger partial charge in [-0.2, -0.15) is 0 Å². The normalized spacial score (nSPS) is 10.7. The molecule has 0 aliphatic heterocycles. The Morgan fingerprint density at radius 2 is 1.83 bits per heavy atom. The maximum atomic E-state index is 12.2. The van der Waals surface area contributed by atoms with E-state index in [4.69, 9.17) is 15.2 Å². The van der Waals surface area contributed by atoms with E-state index >= 15 is 0 Å². The summed E-state index contributed by atoms with van der Waals surface area (Å²) in [5.41, 5.74) is 7.19. The Hall–Kier alpha value is -2.95. The topological polar surface area (TPSA) is 66.5 Å². The van der Waals surface area contributed by atoms with Gasteiger partial charge in [-0.3, -0.25) is 4.79 Å². The van der Waals surface area contributed by atoms with Crippen molar-refractivity contribution in [2.75, 3.05) is 18.9 Å². The number of hydrogen-bond donors (Lipinski definition) is 1. The molecule has 0 aliphatic carbocycles. The summed E-state index contributed by atoms with van der Waals surface area (Å²) in [5, 5.41) is 0.963. The van der Waals surface area contributed by atoms with Gasteiger partial charge in [-0.25, -0.2) is 0 Å². The molecule has 1 heterocycles. The molecule has 0 saturated heterocycles. The third-order valence-electron chi connectivity index (χ3n) is 3.71. The molecule has 2 N–H and O–H groups in total. The molecule has 0 fully saturated rings. The summed E-state index contributed by atoms with van der Waals surface area (Å²) in [6, 6.07) is 16.4. The van der Waals surface area contributed by atoms with Crippen molar-refractivity contribution in [3.05, 3.63) is 65.0 Å². The van der Waals surface area contributed by atoms with E-state index in [0.29, 0.717) is 31.2 Å². The van der Waals surface area contributed by atoms with E-state index in [0.717, 1.165) is 16.7 Å². The van der Waals surface area contributed by atoms with Gasteiger partial charge in [0.2, 0.25) is 0 Å². The van der Waals surface area contributed by atoms with E-state index in [1.165, 1.54) is 0 Å². The molecule has 0 spiro atoms. The van der Waals surface area contributed by atoms with Crippen LogP contribution in [0.3, 0.4) is 0 Å². The largest absolute Gasteiger partial charge is 0.494 e. The van der Waals surface area contributed by atoms with Gasteiger partial charge in [0.25, 0.3) is 5.56 Å². The SMILES string of the molecule is CCOc1ccc2c(ccc(=O)n2CCOc2cccc(N)c2)c1. The Morgan fingerprint density at radius 3 is 2.62 bits per heavy atom. The average molecular weight is 324 g/mol. The molecule has 0 radical (unpaired) electrons. The Morgan fingerprint density at radius 1 is 1.00 bits per heavy atom. The van der Waals surface area contributed by atoms with Crippen molar-refractivity contribution in [3.63, 3.8) is 0 Å². The van der Waals surface area contributed by atoms with Gasteiger partial charge in [0.05, 0.1) is 18.7 Å². The van der Waals surface area contributed by atoms with E-state index < -0.39 is 0 Å². The second-order valence-corrected chi connectivity index (χ2v) is 5.40. The van der Waals surface area contributed by atoms with Crippen molar-refractivity contribution < 1.29 is 9.47 Å². The van der Waals surface area contributed by atoms with Gasteiger partial charge >= 0.3 is 0 Å². The number of aromatic nitrogens is 1. The molecule has 124 valence electrons. The number of fused-ring (bicyclic) bond motifs is 1. The van der Waals surface area contributed by atoms with Crippen LogP contribution in [0.15, 0.2) is 59.4 Å². The maximum absolute atomic E-state index is 12.2. The summed E-state index contributed by atoms with van der Waals surface area (Å²) in [7, 11) is 0. The quantitative estimate of drug-likeness (QED) is 0.708. The number of nitrogens with zero attached hydrogens (tertiary/aromatic N) is 1. The zero-order valence-electron chi connectivity index (χ0n) is 13.6. The molecule has 3 rings (SSSR count). The highest BCUT2D eigenvalue weighted by Gasteiger charge is 2.05. The van der Waals surface area contributed by atoms with Crippen molar-refractivity contribution in [1.29, 1.82) is 0 Å². The monoisotopic (exact) mass is 324 g/mol. The van der Waals surface area contributed by atoms with E-state index in [2.05, 4.69) is 0 Å². The minimum atomic E-state index is -0.0529. The third-order valence-corrected chi connectivity index (χ3v) is 3.71. The first kappa shape index (κ1) is 15.9. The zero-order valence-corrected chi connectivity index (χ0v) is 13.6. The lowest BCUT2D eigenvalue weighted by Crippen LogP contribution is -2.22. The molecule has 1 aromatic heterocycles. The molecule has 3 aromatic rings. The van der Waals surface area contributed by atoms with Crippen molar-refractivity contribution in [1.82, 2.24) is 4.57 Å². The number of anilines is 1. The molecule has 24 heavy (non-hydrogen) atoms. The van der Waals surface area contributed by atoms with Gasteiger partial charge in [0.1, 0.15) is 18.1 Å². The van der Waals surface area contributed by atoms with Gasteiger partial charge in [0.15, 0.2) is 0 Å². The number of nitrogens with two attached hydrogens (primary N) is 1. The Bertz CT molecular complexity index is 902. The molecular formula is C19H20N2O3. The number of ether oxygens (including phenoxy) is 2. The van der Waals surface area contributed by atoms with E-state index in [1.807, 2.05) is 43.3 Å². The van der Waals surface area contributed by atoms with Crippen molar-refractivity contribution in [2.24, 2.45) is 0 Å². The minimum Gasteiger partial charge on any atom is -0.494 e. The third kappa shape index (κ3) is 3.51. The van der Waals surface area contributed by atoms with Gasteiger partial charge in [0, 0.05) is 23.2 Å². The minimum absolute atomic E-state index is 0.0529. The Balaban J connectivity index is 1.80. The molecule has 0 aliphatic rings. The van der Waals surface area contributed by atoms with Crippen LogP contribution in [0.5, 0.6) is 11.5 Å². The number of hydrogen-bond acceptors (Lipinski definition) is 4. The van der Waals surface area contributed by atoms with Gasteiger partial charge < -0.3 is 19.8 Å². The molecule has 0 bridgehead atoms. The summed E-state index contributed by atoms with van der Waals surface area (Å²) in [6.07, 6.45) is 0. The lowest BCUT2D eigenvalue weighted by molar-refractivity contribution is 0.299. The summed E-state index contributed by atoms with van der Waals surface area (Å²) in [5.74, 6) is 1.49. The first-order valence-corrected chi connectivity index (χ1v) is 7.92. The van der Waals surface area contributed by atoms with Crippen LogP contribution in [-0.2, 0) is 6.54 Å². The fourth-order valence-electron chi connectivity index (χ4n) is 2.63. The van der Waals surface area contributed by atoms with Gasteiger partial charge in [-0.15, -0.1) is 0 Å². The standard InChI is InChI=1S/C19H20N2O3/c1-2-23-17-7-8-18-14(12-17)6-9-19(22)21(18)10-11-24-16-5-3-4-15(20)13-16/h3-9,12-13H,2,10-11,20H2,1H3. The van der Waals surface area contributed by atoms with Crippen molar-refractivity contribution >= 4 is 16.6 Å². The first-order chi connectivity index (χ1) is 11.7. The van der Waals surface area contributed by atoms with Crippen LogP contribution in [0, 0.1) is 0 Å². The molecular weight excluding hydrogens is 304 g/mol. The zero-order chi connectivity index (χ0) is 16.9. The lowest BCUT2D eigenvalue weighted by Gasteiger charge is -2.12. The summed E-state index contributed by atoms with van der Waals surface area (Å²) in [6.45, 7) is 3.40. The van der Waals surface area contributed by atoms with Crippen LogP contribution in [-0.4, -0.2) is 17.8 Å². The van der Waals surface area contributed by atoms with Crippen LogP contribution in [0.25, 0.3) is 10.9 Å². The number of rotatable bonds is 6. The maximum Gasteiger partial charge on any atom is 0.251 e. The molecule has 0 atom stereocenters. The van der Waals surface area contributed by atoms with E-state index in [1.54, 1.807) is 22.8 Å². The van der Waals surface area contributed by atoms with Crippen molar-refractivity contribution in [3.8, 4) is 11.5 Å². The lowest BCUT2D eigenvalue weighted by atomic mass is 10.2. The number of pyridine rings is 1. The number of nitrogen functional groups attached to an aromatic ring is 1. The average Bonchev–Trinajstić information content (AvgIpc) is 2.57. The van der Waals surface area contributed by atoms with Crippen LogP contribution in [0.4, 0.5) is 5.69 Å². The van der Waals surface area contributed by atoms with E-state index in [9.17, 15) is 4.79 Å². The molecule has 5 nitrogen and oxygen atoms in total. The smallest absolute Gasteiger partial charge is 0.251 e. The predicted molar refractivity (Wildman–Crippen MR) is 95.7 cm³/mol. The fraction of sp³-hybridized carbons (Fsp3) is 0.211. The molecule has 0 amide bonds. The molecule has 0 saturated carbocycles. The van der Waals surface area contributed by atoms with Crippen LogP contribution >= 0.6 is 0 Å². The highest BCUT2D eigenvalue weighted by atomic mass is 16.5. The fourth-order valence-corrected chi connectivity index (χ4v) is 2.63. The first-order valence-electron chi connectivity index (χ1n) is 7.92. The second kappa shape index (κ2) is 7.08. The molecule has 5 heteroatoms. The second-order valence-electron chi connectivity index (χ2n) is 5.40. The predicted octanol–water partition coefficient (Wildman–Crippen LogP) is 3.06. The summed E-state index contributed by atoms with van der Waals surface area (Å²) >= 11 is 0. The van der Waals surface area contributed by atoms with Crippen molar-refractivity contribution in [2.45, 2.75) is 13.5 Å². The Kier molecular flexibility index (Phi) is 4.70. The van der Waals surface area contributed by atoms with E-state index in [-0.39, 0.29) is 5.56 Å². The summed E-state index contributed by atoms with van der Waals surface area (Å²) in [4.78, 5) is 12.2. The summed E-state index contributed by atoms with van der Waals surface area (Å²) < 4.78 is 12.9. The highest BCUT2D eigenvalue weighted by Crippen LogP contribution is 2.20. The van der Waals surface area contributed by atoms with Crippen LogP contribution < -0.4 is 20.8 Å². The van der Waals surface area contributed by atoms with Crippen LogP contribution in [0.1, 0.15) is 6.92 Å².